The highest BCUT2D eigenvalue weighted by Crippen LogP contribution is 2.25. The minimum Gasteiger partial charge on any atom is -0.290 e. The van der Waals surface area contributed by atoms with Crippen LogP contribution in [-0.2, 0) is 4.79 Å². The first-order chi connectivity index (χ1) is 5.33. The van der Waals surface area contributed by atoms with E-state index < -0.39 is 0 Å². The molecule has 0 N–H and O–H groups in total. The summed E-state index contributed by atoms with van der Waals surface area (Å²) in [6.45, 7) is 3.41. The van der Waals surface area contributed by atoms with E-state index >= 15 is 0 Å². The first-order valence-corrected chi connectivity index (χ1v) is 4.17. The molecule has 1 rings (SSSR count). The molecule has 0 radical (unpaired) electrons. The van der Waals surface area contributed by atoms with Gasteiger partial charge < -0.3 is 0 Å². The molecule has 0 heterocycles. The lowest BCUT2D eigenvalue weighted by atomic mass is 10.1. The molecule has 0 unspecified atom stereocenters. The Morgan fingerprint density at radius 2 is 2.00 bits per heavy atom. The third kappa shape index (κ3) is 2.71. The summed E-state index contributed by atoms with van der Waals surface area (Å²) in [6.07, 6.45) is 10.2. The molecule has 1 saturated carbocycles. The van der Waals surface area contributed by atoms with Gasteiger partial charge in [0, 0.05) is 0 Å². The molecule has 1 nitrogen and oxygen atoms in total. The highest BCUT2D eigenvalue weighted by molar-refractivity contribution is 5.98. The zero-order valence-electron chi connectivity index (χ0n) is 6.75. The summed E-state index contributed by atoms with van der Waals surface area (Å²) in [7, 11) is 0. The lowest BCUT2D eigenvalue weighted by Crippen LogP contribution is -1.89. The topological polar surface area (TPSA) is 17.1 Å². The molecular formula is C10H14O. The average Bonchev–Trinajstić information content (AvgIpc) is 2.52. The molecule has 0 atom stereocenters. The number of carbonyl (C=O) groups is 1. The van der Waals surface area contributed by atoms with Crippen LogP contribution in [0.2, 0.25) is 0 Å². The highest BCUT2D eigenvalue weighted by Gasteiger charge is 2.10. The van der Waals surface area contributed by atoms with Crippen molar-refractivity contribution in [3.63, 3.8) is 0 Å². The van der Waals surface area contributed by atoms with Crippen LogP contribution in [0.5, 0.6) is 0 Å². The van der Waals surface area contributed by atoms with Gasteiger partial charge in [-0.3, -0.25) is 4.79 Å². The Morgan fingerprint density at radius 1 is 1.36 bits per heavy atom. The smallest absolute Gasteiger partial charge is 0.177 e. The van der Waals surface area contributed by atoms with Crippen molar-refractivity contribution in [3.8, 4) is 0 Å². The summed E-state index contributed by atoms with van der Waals surface area (Å²) >= 11 is 0. The fourth-order valence-corrected chi connectivity index (χ4v) is 1.45. The van der Waals surface area contributed by atoms with E-state index in [0.29, 0.717) is 5.92 Å². The summed E-state index contributed by atoms with van der Waals surface area (Å²) in [6, 6.07) is 0. The minimum absolute atomic E-state index is 0.0249. The van der Waals surface area contributed by atoms with E-state index in [4.69, 9.17) is 0 Å². The lowest BCUT2D eigenvalue weighted by Gasteiger charge is -1.97. The van der Waals surface area contributed by atoms with E-state index in [1.54, 1.807) is 6.08 Å². The molecular weight excluding hydrogens is 136 g/mol. The van der Waals surface area contributed by atoms with Crippen molar-refractivity contribution in [2.75, 3.05) is 0 Å². The molecule has 0 saturated heterocycles. The zero-order valence-corrected chi connectivity index (χ0v) is 6.75. The second-order valence-corrected chi connectivity index (χ2v) is 3.01. The van der Waals surface area contributed by atoms with Crippen LogP contribution in [0.25, 0.3) is 0 Å². The van der Waals surface area contributed by atoms with Gasteiger partial charge in [-0.15, -0.1) is 0 Å². The standard InChI is InChI=1S/C10H14O/c1-2-10(11)8-7-9-5-3-4-6-9/h2,7-9H,1,3-6H2/b8-7+. The summed E-state index contributed by atoms with van der Waals surface area (Å²) in [5, 5.41) is 0. The van der Waals surface area contributed by atoms with Gasteiger partial charge >= 0.3 is 0 Å². The van der Waals surface area contributed by atoms with Crippen LogP contribution in [0.4, 0.5) is 0 Å². The third-order valence-electron chi connectivity index (χ3n) is 2.13. The van der Waals surface area contributed by atoms with Gasteiger partial charge in [0.05, 0.1) is 0 Å². The van der Waals surface area contributed by atoms with Gasteiger partial charge in [-0.25, -0.2) is 0 Å². The molecule has 0 aliphatic heterocycles. The van der Waals surface area contributed by atoms with Crippen molar-refractivity contribution in [1.82, 2.24) is 0 Å². The summed E-state index contributed by atoms with van der Waals surface area (Å²) in [5.41, 5.74) is 0. The van der Waals surface area contributed by atoms with Crippen LogP contribution < -0.4 is 0 Å². The van der Waals surface area contributed by atoms with Crippen LogP contribution in [0, 0.1) is 5.92 Å². The summed E-state index contributed by atoms with van der Waals surface area (Å²) in [4.78, 5) is 10.8. The Bertz CT molecular complexity index is 173. The molecule has 0 aromatic rings. The van der Waals surface area contributed by atoms with Gasteiger partial charge in [-0.1, -0.05) is 25.5 Å². The second kappa shape index (κ2) is 4.12. The predicted molar refractivity (Wildman–Crippen MR) is 46.3 cm³/mol. The first-order valence-electron chi connectivity index (χ1n) is 4.17. The van der Waals surface area contributed by atoms with Crippen LogP contribution in [0.3, 0.4) is 0 Å². The van der Waals surface area contributed by atoms with Crippen molar-refractivity contribution in [2.24, 2.45) is 5.92 Å². The maximum Gasteiger partial charge on any atom is 0.177 e. The van der Waals surface area contributed by atoms with Gasteiger partial charge in [-0.2, -0.15) is 0 Å². The normalized spacial score (nSPS) is 19.3. The summed E-state index contributed by atoms with van der Waals surface area (Å²) < 4.78 is 0. The van der Waals surface area contributed by atoms with Gasteiger partial charge in [0.1, 0.15) is 0 Å². The Labute approximate surface area is 67.8 Å². The van der Waals surface area contributed by atoms with Crippen molar-refractivity contribution in [1.29, 1.82) is 0 Å². The fraction of sp³-hybridized carbons (Fsp3) is 0.500. The van der Waals surface area contributed by atoms with Crippen molar-refractivity contribution < 1.29 is 4.79 Å². The first kappa shape index (κ1) is 8.25. The third-order valence-corrected chi connectivity index (χ3v) is 2.13. The Balaban J connectivity index is 2.33. The highest BCUT2D eigenvalue weighted by atomic mass is 16.1. The van der Waals surface area contributed by atoms with E-state index in [1.165, 1.54) is 31.8 Å². The quantitative estimate of drug-likeness (QED) is 0.565. The van der Waals surface area contributed by atoms with Crippen LogP contribution in [0.15, 0.2) is 24.8 Å². The molecule has 11 heavy (non-hydrogen) atoms. The molecule has 0 aromatic carbocycles. The average molecular weight is 150 g/mol. The minimum atomic E-state index is 0.0249. The molecule has 1 heteroatoms. The van der Waals surface area contributed by atoms with Gasteiger partial charge in [-0.05, 0) is 30.9 Å². The van der Waals surface area contributed by atoms with Gasteiger partial charge in [0.2, 0.25) is 0 Å². The molecule has 1 aliphatic rings. The Hall–Kier alpha value is -0.850. The predicted octanol–water partition coefficient (Wildman–Crippen LogP) is 2.49. The van der Waals surface area contributed by atoms with Gasteiger partial charge in [0.25, 0.3) is 0 Å². The molecule has 60 valence electrons. The lowest BCUT2D eigenvalue weighted by molar-refractivity contribution is -0.110. The van der Waals surface area contributed by atoms with E-state index in [2.05, 4.69) is 6.58 Å². The summed E-state index contributed by atoms with van der Waals surface area (Å²) in [5.74, 6) is 0.677. The van der Waals surface area contributed by atoms with Crippen molar-refractivity contribution in [3.05, 3.63) is 24.8 Å². The largest absolute Gasteiger partial charge is 0.290 e. The Kier molecular flexibility index (Phi) is 3.09. The van der Waals surface area contributed by atoms with Crippen LogP contribution in [0.1, 0.15) is 25.7 Å². The molecule has 1 fully saturated rings. The molecule has 0 amide bonds. The SMILES string of the molecule is C=CC(=O)/C=C/C1CCCC1. The number of ketones is 1. The number of rotatable bonds is 3. The number of allylic oxidation sites excluding steroid dienone is 3. The van der Waals surface area contributed by atoms with Crippen LogP contribution >= 0.6 is 0 Å². The van der Waals surface area contributed by atoms with E-state index in [9.17, 15) is 4.79 Å². The van der Waals surface area contributed by atoms with Gasteiger partial charge in [0.15, 0.2) is 5.78 Å². The molecule has 0 aromatic heterocycles. The molecule has 0 spiro atoms. The van der Waals surface area contributed by atoms with Crippen molar-refractivity contribution >= 4 is 5.78 Å². The van der Waals surface area contributed by atoms with E-state index in [-0.39, 0.29) is 5.78 Å². The monoisotopic (exact) mass is 150 g/mol. The number of carbonyl (C=O) groups excluding carboxylic acids is 1. The molecule has 0 bridgehead atoms. The van der Waals surface area contributed by atoms with Crippen molar-refractivity contribution in [2.45, 2.75) is 25.7 Å². The molecule has 1 aliphatic carbocycles. The number of hydrogen-bond donors (Lipinski definition) is 0. The maximum atomic E-state index is 10.8. The van der Waals surface area contributed by atoms with E-state index in [0.717, 1.165) is 0 Å². The second-order valence-electron chi connectivity index (χ2n) is 3.01. The number of hydrogen-bond acceptors (Lipinski definition) is 1. The van der Waals surface area contributed by atoms with Crippen LogP contribution in [-0.4, -0.2) is 5.78 Å². The maximum absolute atomic E-state index is 10.8. The zero-order chi connectivity index (χ0) is 8.10. The Morgan fingerprint density at radius 3 is 2.55 bits per heavy atom. The fourth-order valence-electron chi connectivity index (χ4n) is 1.45. The van der Waals surface area contributed by atoms with E-state index in [1.807, 2.05) is 6.08 Å².